The average molecular weight is 108 g/mol. The first-order chi connectivity index (χ1) is 3.72. The third kappa shape index (κ3) is 1.96. The maximum Gasteiger partial charge on any atom is 0.142 e. The quantitative estimate of drug-likeness (QED) is 0.411. The molecule has 0 atom stereocenters. The molecule has 0 aromatic heterocycles. The Balaban J connectivity index is 4.03. The Morgan fingerprint density at radius 3 is 2.12 bits per heavy atom. The van der Waals surface area contributed by atoms with Crippen LogP contribution in [0.4, 0.5) is 0 Å². The lowest BCUT2D eigenvalue weighted by Gasteiger charge is -1.94. The SMILES string of the molecule is C[B]/C(C)=C(\C)C=N. The van der Waals surface area contributed by atoms with E-state index in [1.54, 1.807) is 0 Å². The molecule has 0 fully saturated rings. The van der Waals surface area contributed by atoms with Crippen LogP contribution in [-0.4, -0.2) is 13.5 Å². The predicted octanol–water partition coefficient (Wildman–Crippen LogP) is 1.68. The maximum atomic E-state index is 6.84. The van der Waals surface area contributed by atoms with E-state index < -0.39 is 0 Å². The lowest BCUT2D eigenvalue weighted by molar-refractivity contribution is 1.45. The van der Waals surface area contributed by atoms with Crippen LogP contribution >= 0.6 is 0 Å². The van der Waals surface area contributed by atoms with Crippen molar-refractivity contribution in [1.82, 2.24) is 0 Å². The summed E-state index contributed by atoms with van der Waals surface area (Å²) in [6.45, 7) is 5.91. The minimum atomic E-state index is 1.03. The van der Waals surface area contributed by atoms with Gasteiger partial charge in [-0.3, -0.25) is 0 Å². The van der Waals surface area contributed by atoms with Crippen LogP contribution in [0.3, 0.4) is 0 Å². The van der Waals surface area contributed by atoms with Crippen molar-refractivity contribution in [2.24, 2.45) is 0 Å². The zero-order valence-electron chi connectivity index (χ0n) is 5.65. The predicted molar refractivity (Wildman–Crippen MR) is 38.8 cm³/mol. The molecular weight excluding hydrogens is 96.9 g/mol. The van der Waals surface area contributed by atoms with Crippen molar-refractivity contribution >= 4 is 13.5 Å². The summed E-state index contributed by atoms with van der Waals surface area (Å²) < 4.78 is 0. The Bertz CT molecular complexity index is 116. The molecule has 0 unspecified atom stereocenters. The van der Waals surface area contributed by atoms with E-state index in [9.17, 15) is 0 Å². The van der Waals surface area contributed by atoms with Gasteiger partial charge in [-0.15, -0.1) is 5.47 Å². The van der Waals surface area contributed by atoms with Gasteiger partial charge in [0.25, 0.3) is 0 Å². The maximum absolute atomic E-state index is 6.84. The summed E-state index contributed by atoms with van der Waals surface area (Å²) in [5.74, 6) is 0. The second kappa shape index (κ2) is 3.47. The van der Waals surface area contributed by atoms with E-state index in [4.69, 9.17) is 5.41 Å². The van der Waals surface area contributed by atoms with Crippen LogP contribution in [0.25, 0.3) is 0 Å². The highest BCUT2D eigenvalue weighted by atomic mass is 14.3. The highest BCUT2D eigenvalue weighted by Gasteiger charge is 1.88. The van der Waals surface area contributed by atoms with Crippen molar-refractivity contribution in [2.75, 3.05) is 0 Å². The molecule has 1 nitrogen and oxygen atoms in total. The zero-order valence-corrected chi connectivity index (χ0v) is 5.65. The van der Waals surface area contributed by atoms with Gasteiger partial charge in [-0.25, -0.2) is 0 Å². The Kier molecular flexibility index (Phi) is 3.25. The third-order valence-corrected chi connectivity index (χ3v) is 1.27. The smallest absolute Gasteiger partial charge is 0.142 e. The average Bonchev–Trinajstić information content (AvgIpc) is 1.84. The van der Waals surface area contributed by atoms with Crippen molar-refractivity contribution in [3.05, 3.63) is 11.0 Å². The van der Waals surface area contributed by atoms with Crippen LogP contribution in [0.1, 0.15) is 13.8 Å². The number of rotatable bonds is 2. The highest BCUT2D eigenvalue weighted by Crippen LogP contribution is 1.96. The molecule has 8 heavy (non-hydrogen) atoms. The zero-order chi connectivity index (χ0) is 6.57. The summed E-state index contributed by atoms with van der Waals surface area (Å²) in [6.07, 6.45) is 1.37. The largest absolute Gasteiger partial charge is 0.309 e. The van der Waals surface area contributed by atoms with Crippen LogP contribution in [-0.2, 0) is 0 Å². The van der Waals surface area contributed by atoms with Crippen LogP contribution in [0, 0.1) is 5.41 Å². The summed E-state index contributed by atoms with van der Waals surface area (Å²) in [5.41, 5.74) is 2.22. The molecule has 0 saturated heterocycles. The molecule has 1 radical (unpaired) electrons. The van der Waals surface area contributed by atoms with Gasteiger partial charge in [-0.05, 0) is 12.5 Å². The molecule has 0 heterocycles. The minimum absolute atomic E-state index is 1.03. The number of allylic oxidation sites excluding steroid dienone is 2. The molecule has 0 bridgehead atoms. The summed E-state index contributed by atoms with van der Waals surface area (Å²) in [7, 11) is 2.00. The molecule has 2 heteroatoms. The van der Waals surface area contributed by atoms with Gasteiger partial charge in [0.05, 0.1) is 0 Å². The highest BCUT2D eigenvalue weighted by molar-refractivity contribution is 6.44. The summed E-state index contributed by atoms with van der Waals surface area (Å²) in [6, 6.07) is 0. The summed E-state index contributed by atoms with van der Waals surface area (Å²) >= 11 is 0. The van der Waals surface area contributed by atoms with Gasteiger partial charge >= 0.3 is 0 Å². The fourth-order valence-corrected chi connectivity index (χ4v) is 0.342. The fraction of sp³-hybridized carbons (Fsp3) is 0.500. The molecule has 0 rings (SSSR count). The van der Waals surface area contributed by atoms with E-state index in [1.807, 2.05) is 28.0 Å². The Morgan fingerprint density at radius 1 is 1.50 bits per heavy atom. The first-order valence-corrected chi connectivity index (χ1v) is 2.69. The number of nitrogens with one attached hydrogen (secondary N) is 1. The molecule has 0 amide bonds. The van der Waals surface area contributed by atoms with E-state index in [0.717, 1.165) is 5.57 Å². The van der Waals surface area contributed by atoms with Gasteiger partial charge in [0.15, 0.2) is 0 Å². The third-order valence-electron chi connectivity index (χ3n) is 1.27. The molecule has 1 N–H and O–H groups in total. The first-order valence-electron chi connectivity index (χ1n) is 2.69. The molecule has 0 aliphatic heterocycles. The second-order valence-electron chi connectivity index (χ2n) is 1.80. The minimum Gasteiger partial charge on any atom is -0.309 e. The standard InChI is InChI=1S/C6H11BN/c1-5(4-8)6(2)7-3/h4,8H,1-3H3/b6-5+,8-4?. The molecule has 0 aliphatic rings. The lowest BCUT2D eigenvalue weighted by atomic mass is 9.71. The molecule has 43 valence electrons. The van der Waals surface area contributed by atoms with E-state index >= 15 is 0 Å². The van der Waals surface area contributed by atoms with Crippen LogP contribution in [0.2, 0.25) is 6.82 Å². The lowest BCUT2D eigenvalue weighted by Crippen LogP contribution is -1.90. The summed E-state index contributed by atoms with van der Waals surface area (Å²) in [4.78, 5) is 0. The van der Waals surface area contributed by atoms with Crippen LogP contribution in [0.15, 0.2) is 11.0 Å². The molecule has 0 aromatic carbocycles. The van der Waals surface area contributed by atoms with Gasteiger partial charge in [0, 0.05) is 6.21 Å². The Morgan fingerprint density at radius 2 is 2.00 bits per heavy atom. The van der Waals surface area contributed by atoms with Crippen molar-refractivity contribution in [1.29, 1.82) is 5.41 Å². The first kappa shape index (κ1) is 7.47. The van der Waals surface area contributed by atoms with E-state index in [-0.39, 0.29) is 0 Å². The number of hydrogen-bond donors (Lipinski definition) is 1. The second-order valence-corrected chi connectivity index (χ2v) is 1.80. The topological polar surface area (TPSA) is 23.9 Å². The summed E-state index contributed by atoms with van der Waals surface area (Å²) in [5, 5.41) is 6.84. The molecule has 0 spiro atoms. The Hall–Kier alpha value is -0.525. The van der Waals surface area contributed by atoms with E-state index in [0.29, 0.717) is 0 Å². The van der Waals surface area contributed by atoms with Gasteiger partial charge in [0.1, 0.15) is 7.28 Å². The molecular formula is C6H11BN. The van der Waals surface area contributed by atoms with Crippen molar-refractivity contribution in [3.8, 4) is 0 Å². The molecule has 0 saturated carbocycles. The van der Waals surface area contributed by atoms with Crippen LogP contribution < -0.4 is 0 Å². The normalized spacial score (nSPS) is 12.4. The van der Waals surface area contributed by atoms with Gasteiger partial charge < -0.3 is 5.41 Å². The van der Waals surface area contributed by atoms with Gasteiger partial charge in [-0.2, -0.15) is 0 Å². The number of hydrogen-bond acceptors (Lipinski definition) is 1. The van der Waals surface area contributed by atoms with Crippen molar-refractivity contribution < 1.29 is 0 Å². The van der Waals surface area contributed by atoms with Crippen molar-refractivity contribution in [3.63, 3.8) is 0 Å². The van der Waals surface area contributed by atoms with Crippen LogP contribution in [0.5, 0.6) is 0 Å². The van der Waals surface area contributed by atoms with Gasteiger partial charge in [-0.1, -0.05) is 13.7 Å². The monoisotopic (exact) mass is 108 g/mol. The van der Waals surface area contributed by atoms with Gasteiger partial charge in [0.2, 0.25) is 0 Å². The van der Waals surface area contributed by atoms with E-state index in [1.165, 1.54) is 11.7 Å². The van der Waals surface area contributed by atoms with E-state index in [2.05, 4.69) is 0 Å². The molecule has 0 aliphatic carbocycles. The van der Waals surface area contributed by atoms with Crippen molar-refractivity contribution in [2.45, 2.75) is 20.7 Å². The molecule has 0 aromatic rings. The Labute approximate surface area is 51.5 Å². The fourth-order valence-electron chi connectivity index (χ4n) is 0.342.